The van der Waals surface area contributed by atoms with Crippen molar-refractivity contribution < 1.29 is 9.90 Å². The second kappa shape index (κ2) is 5.36. The van der Waals surface area contributed by atoms with Crippen LogP contribution < -0.4 is 4.90 Å². The molecule has 0 aromatic carbocycles. The number of rotatable bonds is 4. The van der Waals surface area contributed by atoms with Crippen LogP contribution in [0.5, 0.6) is 0 Å². The number of hydrogen-bond acceptors (Lipinski definition) is 5. The highest BCUT2D eigenvalue weighted by Gasteiger charge is 2.16. The molecule has 0 saturated heterocycles. The average Bonchev–Trinajstić information content (AvgIpc) is 2.74. The van der Waals surface area contributed by atoms with E-state index >= 15 is 0 Å². The molecular weight excluding hydrogens is 262 g/mol. The Balaban J connectivity index is 2.29. The molecule has 0 fully saturated rings. The fraction of sp³-hybridized carbons (Fsp3) is 0.308. The molecule has 5 nitrogen and oxygen atoms in total. The van der Waals surface area contributed by atoms with Gasteiger partial charge in [0.1, 0.15) is 11.4 Å². The maximum atomic E-state index is 11.2. The van der Waals surface area contributed by atoms with Gasteiger partial charge in [-0.2, -0.15) is 0 Å². The number of thiazole rings is 1. The van der Waals surface area contributed by atoms with Gasteiger partial charge in [-0.05, 0) is 26.0 Å². The first-order valence-electron chi connectivity index (χ1n) is 5.80. The number of anilines is 1. The molecule has 0 spiro atoms. The summed E-state index contributed by atoms with van der Waals surface area (Å²) in [6, 6.07) is 3.29. The molecule has 0 atom stereocenters. The van der Waals surface area contributed by atoms with Gasteiger partial charge in [0, 0.05) is 18.1 Å². The van der Waals surface area contributed by atoms with E-state index < -0.39 is 5.97 Å². The SMILES string of the molecule is Cc1ccc(C(=O)O)c(N(C)Cc2csc(C)n2)n1. The number of hydrogen-bond donors (Lipinski definition) is 1. The number of aromatic carboxylic acids is 1. The van der Waals surface area contributed by atoms with Crippen LogP contribution in [0.15, 0.2) is 17.5 Å². The predicted octanol–water partition coefficient (Wildman–Crippen LogP) is 2.49. The van der Waals surface area contributed by atoms with Crippen molar-refractivity contribution in [2.24, 2.45) is 0 Å². The summed E-state index contributed by atoms with van der Waals surface area (Å²) in [6.07, 6.45) is 0. The Morgan fingerprint density at radius 1 is 1.37 bits per heavy atom. The van der Waals surface area contributed by atoms with Gasteiger partial charge in [-0.25, -0.2) is 14.8 Å². The topological polar surface area (TPSA) is 66.3 Å². The molecule has 0 aliphatic carbocycles. The molecule has 0 amide bonds. The van der Waals surface area contributed by atoms with Gasteiger partial charge in [0.05, 0.1) is 17.2 Å². The molecule has 0 radical (unpaired) electrons. The number of aryl methyl sites for hydroxylation is 2. The lowest BCUT2D eigenvalue weighted by Gasteiger charge is -2.19. The van der Waals surface area contributed by atoms with Gasteiger partial charge in [-0.1, -0.05) is 0 Å². The van der Waals surface area contributed by atoms with E-state index in [1.807, 2.05) is 31.2 Å². The van der Waals surface area contributed by atoms with Gasteiger partial charge in [0.2, 0.25) is 0 Å². The van der Waals surface area contributed by atoms with Crippen LogP contribution in [-0.4, -0.2) is 28.1 Å². The minimum absolute atomic E-state index is 0.208. The molecule has 0 aliphatic heterocycles. The van der Waals surface area contributed by atoms with Crippen LogP contribution in [0.4, 0.5) is 5.82 Å². The summed E-state index contributed by atoms with van der Waals surface area (Å²) in [5.41, 5.74) is 1.92. The number of pyridine rings is 1. The monoisotopic (exact) mass is 277 g/mol. The lowest BCUT2D eigenvalue weighted by Crippen LogP contribution is -2.21. The van der Waals surface area contributed by atoms with E-state index in [-0.39, 0.29) is 5.56 Å². The summed E-state index contributed by atoms with van der Waals surface area (Å²) >= 11 is 1.58. The molecule has 0 bridgehead atoms. The van der Waals surface area contributed by atoms with E-state index in [0.29, 0.717) is 12.4 Å². The van der Waals surface area contributed by atoms with Crippen molar-refractivity contribution in [2.75, 3.05) is 11.9 Å². The standard InChI is InChI=1S/C13H15N3O2S/c1-8-4-5-11(13(17)18)12(14-8)16(3)6-10-7-19-9(2)15-10/h4-5,7H,6H2,1-3H3,(H,17,18). The highest BCUT2D eigenvalue weighted by Crippen LogP contribution is 2.20. The normalized spacial score (nSPS) is 10.5. The fourth-order valence-corrected chi connectivity index (χ4v) is 2.40. The summed E-state index contributed by atoms with van der Waals surface area (Å²) in [5.74, 6) is -0.498. The summed E-state index contributed by atoms with van der Waals surface area (Å²) in [5, 5.41) is 12.2. The zero-order chi connectivity index (χ0) is 14.0. The number of carboxylic acid groups (broad SMARTS) is 1. The predicted molar refractivity (Wildman–Crippen MR) is 74.9 cm³/mol. The van der Waals surface area contributed by atoms with Crippen molar-refractivity contribution in [1.82, 2.24) is 9.97 Å². The first-order chi connectivity index (χ1) is 8.97. The van der Waals surface area contributed by atoms with E-state index in [9.17, 15) is 9.90 Å². The largest absolute Gasteiger partial charge is 0.478 e. The van der Waals surface area contributed by atoms with Crippen molar-refractivity contribution >= 4 is 23.1 Å². The Bertz CT molecular complexity index is 610. The minimum atomic E-state index is -0.969. The van der Waals surface area contributed by atoms with E-state index in [1.165, 1.54) is 0 Å². The molecular formula is C13H15N3O2S. The Morgan fingerprint density at radius 3 is 2.68 bits per heavy atom. The molecule has 0 aliphatic rings. The van der Waals surface area contributed by atoms with Gasteiger partial charge < -0.3 is 10.0 Å². The number of aromatic nitrogens is 2. The molecule has 2 heterocycles. The third-order valence-electron chi connectivity index (χ3n) is 2.67. The molecule has 100 valence electrons. The van der Waals surface area contributed by atoms with Crippen LogP contribution in [0.3, 0.4) is 0 Å². The number of carboxylic acids is 1. The fourth-order valence-electron chi connectivity index (χ4n) is 1.80. The quantitative estimate of drug-likeness (QED) is 0.930. The maximum Gasteiger partial charge on any atom is 0.339 e. The summed E-state index contributed by atoms with van der Waals surface area (Å²) in [4.78, 5) is 21.7. The smallest absolute Gasteiger partial charge is 0.339 e. The Hall–Kier alpha value is -1.95. The first kappa shape index (κ1) is 13.5. The van der Waals surface area contributed by atoms with Crippen LogP contribution in [-0.2, 0) is 6.54 Å². The summed E-state index contributed by atoms with van der Waals surface area (Å²) in [7, 11) is 1.82. The first-order valence-corrected chi connectivity index (χ1v) is 6.68. The average molecular weight is 277 g/mol. The van der Waals surface area contributed by atoms with Crippen molar-refractivity contribution in [3.05, 3.63) is 39.5 Å². The molecule has 1 N–H and O–H groups in total. The molecule has 19 heavy (non-hydrogen) atoms. The molecule has 0 saturated carbocycles. The highest BCUT2D eigenvalue weighted by molar-refractivity contribution is 7.09. The lowest BCUT2D eigenvalue weighted by molar-refractivity contribution is 0.0697. The second-order valence-electron chi connectivity index (χ2n) is 4.34. The van der Waals surface area contributed by atoms with Crippen LogP contribution in [0, 0.1) is 13.8 Å². The van der Waals surface area contributed by atoms with Crippen molar-refractivity contribution in [3.63, 3.8) is 0 Å². The molecule has 2 aromatic heterocycles. The number of nitrogens with zero attached hydrogens (tertiary/aromatic N) is 3. The molecule has 2 aromatic rings. The molecule has 2 rings (SSSR count). The van der Waals surface area contributed by atoms with E-state index in [4.69, 9.17) is 0 Å². The van der Waals surface area contributed by atoms with E-state index in [2.05, 4.69) is 9.97 Å². The van der Waals surface area contributed by atoms with Gasteiger partial charge in [-0.15, -0.1) is 11.3 Å². The van der Waals surface area contributed by atoms with Crippen LogP contribution in [0.25, 0.3) is 0 Å². The lowest BCUT2D eigenvalue weighted by atomic mass is 10.2. The van der Waals surface area contributed by atoms with Crippen LogP contribution in [0.1, 0.15) is 26.8 Å². The van der Waals surface area contributed by atoms with Crippen LogP contribution >= 0.6 is 11.3 Å². The minimum Gasteiger partial charge on any atom is -0.478 e. The number of carbonyl (C=O) groups is 1. The molecule has 6 heteroatoms. The van der Waals surface area contributed by atoms with Gasteiger partial charge in [0.25, 0.3) is 0 Å². The van der Waals surface area contributed by atoms with Gasteiger partial charge in [0.15, 0.2) is 0 Å². The van der Waals surface area contributed by atoms with Gasteiger partial charge >= 0.3 is 5.97 Å². The van der Waals surface area contributed by atoms with Crippen molar-refractivity contribution in [1.29, 1.82) is 0 Å². The van der Waals surface area contributed by atoms with Gasteiger partial charge in [-0.3, -0.25) is 0 Å². The molecule has 0 unspecified atom stereocenters. The Morgan fingerprint density at radius 2 is 2.11 bits per heavy atom. The third-order valence-corrected chi connectivity index (χ3v) is 3.49. The Labute approximate surface area is 115 Å². The third kappa shape index (κ3) is 3.08. The summed E-state index contributed by atoms with van der Waals surface area (Å²) in [6.45, 7) is 4.33. The van der Waals surface area contributed by atoms with Crippen LogP contribution in [0.2, 0.25) is 0 Å². The highest BCUT2D eigenvalue weighted by atomic mass is 32.1. The zero-order valence-electron chi connectivity index (χ0n) is 11.0. The van der Waals surface area contributed by atoms with E-state index in [0.717, 1.165) is 16.4 Å². The Kier molecular flexibility index (Phi) is 3.80. The van der Waals surface area contributed by atoms with Crippen molar-refractivity contribution in [3.8, 4) is 0 Å². The second-order valence-corrected chi connectivity index (χ2v) is 5.41. The zero-order valence-corrected chi connectivity index (χ0v) is 11.9. The maximum absolute atomic E-state index is 11.2. The van der Waals surface area contributed by atoms with Crippen molar-refractivity contribution in [2.45, 2.75) is 20.4 Å². The summed E-state index contributed by atoms with van der Waals surface area (Å²) < 4.78 is 0. The van der Waals surface area contributed by atoms with E-state index in [1.54, 1.807) is 23.5 Å².